The molecule has 1 saturated heterocycles. The van der Waals surface area contributed by atoms with Crippen molar-refractivity contribution >= 4 is 39.7 Å². The number of carbonyl (C=O) groups excluding carboxylic acids is 2. The van der Waals surface area contributed by atoms with Crippen molar-refractivity contribution in [1.82, 2.24) is 40.0 Å². The zero-order valence-electron chi connectivity index (χ0n) is 20.0. The van der Waals surface area contributed by atoms with Crippen LogP contribution >= 0.6 is 0 Å². The van der Waals surface area contributed by atoms with Gasteiger partial charge in [0.15, 0.2) is 11.5 Å². The summed E-state index contributed by atoms with van der Waals surface area (Å²) in [5.41, 5.74) is 4.45. The van der Waals surface area contributed by atoms with Gasteiger partial charge in [0.2, 0.25) is 5.91 Å². The van der Waals surface area contributed by atoms with Gasteiger partial charge in [-0.1, -0.05) is 6.92 Å². The minimum Gasteiger partial charge on any atom is -0.378 e. The smallest absolute Gasteiger partial charge is 0.257 e. The first-order valence-electron chi connectivity index (χ1n) is 11.9. The van der Waals surface area contributed by atoms with Crippen LogP contribution in [0.5, 0.6) is 0 Å². The summed E-state index contributed by atoms with van der Waals surface area (Å²) in [6, 6.07) is 5.58. The van der Waals surface area contributed by atoms with Crippen molar-refractivity contribution in [1.29, 1.82) is 0 Å². The van der Waals surface area contributed by atoms with Gasteiger partial charge in [-0.15, -0.1) is 0 Å². The van der Waals surface area contributed by atoms with Gasteiger partial charge in [-0.05, 0) is 18.2 Å². The molecular formula is C25H23N9O3. The molecule has 1 aliphatic heterocycles. The lowest BCUT2D eigenvalue weighted by Gasteiger charge is -2.26. The molecule has 0 spiro atoms. The number of amides is 2. The number of imidazole rings is 1. The van der Waals surface area contributed by atoms with Gasteiger partial charge in [0.25, 0.3) is 5.91 Å². The highest BCUT2D eigenvalue weighted by atomic mass is 16.5. The largest absolute Gasteiger partial charge is 0.378 e. The van der Waals surface area contributed by atoms with Crippen LogP contribution in [0.15, 0.2) is 43.0 Å². The number of H-pyrrole nitrogens is 2. The van der Waals surface area contributed by atoms with Gasteiger partial charge < -0.3 is 19.9 Å². The van der Waals surface area contributed by atoms with Crippen molar-refractivity contribution in [3.63, 3.8) is 0 Å². The van der Waals surface area contributed by atoms with Gasteiger partial charge in [0, 0.05) is 49.2 Å². The zero-order valence-corrected chi connectivity index (χ0v) is 20.0. The maximum atomic E-state index is 13.1. The van der Waals surface area contributed by atoms with E-state index in [1.165, 1.54) is 0 Å². The van der Waals surface area contributed by atoms with Gasteiger partial charge >= 0.3 is 0 Å². The number of ether oxygens (including phenoxy) is 1. The molecule has 0 saturated carbocycles. The molecule has 0 aromatic carbocycles. The van der Waals surface area contributed by atoms with E-state index >= 15 is 0 Å². The standard InChI is InChI=1S/C25H23N9O3/c1-2-20(35)30-19-4-3-14(10-27-19)15-9-16-22(32-33-23(16)28-11-15)24-29-18-13-26-12-17(21(18)31-24)25(36)34-5-7-37-8-6-34/h3-4,9-13H,2,5-8H2,1H3,(H,29,31)(H,27,30,35)(H,28,32,33). The summed E-state index contributed by atoms with van der Waals surface area (Å²) in [6.07, 6.45) is 6.99. The Labute approximate surface area is 210 Å². The van der Waals surface area contributed by atoms with Gasteiger partial charge in [-0.3, -0.25) is 19.7 Å². The summed E-state index contributed by atoms with van der Waals surface area (Å²) >= 11 is 0. The summed E-state index contributed by atoms with van der Waals surface area (Å²) in [4.78, 5) is 47.6. The molecule has 3 N–H and O–H groups in total. The fourth-order valence-electron chi connectivity index (χ4n) is 4.25. The highest BCUT2D eigenvalue weighted by molar-refractivity contribution is 6.05. The molecule has 0 unspecified atom stereocenters. The average Bonchev–Trinajstić information content (AvgIpc) is 3.57. The summed E-state index contributed by atoms with van der Waals surface area (Å²) < 4.78 is 5.36. The molecule has 1 aliphatic rings. The van der Waals surface area contributed by atoms with Gasteiger partial charge in [-0.25, -0.2) is 15.0 Å². The van der Waals surface area contributed by atoms with Crippen molar-refractivity contribution in [2.45, 2.75) is 13.3 Å². The summed E-state index contributed by atoms with van der Waals surface area (Å²) in [5.74, 6) is 0.774. The first-order valence-corrected chi connectivity index (χ1v) is 11.9. The molecule has 6 rings (SSSR count). The first-order chi connectivity index (χ1) is 18.1. The van der Waals surface area contributed by atoms with E-state index in [2.05, 4.69) is 35.5 Å². The lowest BCUT2D eigenvalue weighted by Crippen LogP contribution is -2.40. The molecule has 5 aromatic heterocycles. The van der Waals surface area contributed by atoms with E-state index in [0.29, 0.717) is 72.3 Å². The van der Waals surface area contributed by atoms with Crippen LogP contribution in [0.2, 0.25) is 0 Å². The fourth-order valence-corrected chi connectivity index (χ4v) is 4.25. The van der Waals surface area contributed by atoms with Crippen LogP contribution in [0, 0.1) is 0 Å². The van der Waals surface area contributed by atoms with Crippen LogP contribution in [0.25, 0.3) is 44.7 Å². The second kappa shape index (κ2) is 9.39. The normalized spacial score (nSPS) is 13.8. The zero-order chi connectivity index (χ0) is 25.4. The fraction of sp³-hybridized carbons (Fsp3) is 0.240. The number of aromatic nitrogens is 7. The molecule has 0 atom stereocenters. The van der Waals surface area contributed by atoms with E-state index in [9.17, 15) is 9.59 Å². The number of anilines is 1. The molecule has 1 fully saturated rings. The lowest BCUT2D eigenvalue weighted by molar-refractivity contribution is -0.115. The van der Waals surface area contributed by atoms with E-state index < -0.39 is 0 Å². The topological polar surface area (TPSA) is 155 Å². The Bertz CT molecular complexity index is 1620. The molecule has 0 radical (unpaired) electrons. The second-order valence-electron chi connectivity index (χ2n) is 8.60. The van der Waals surface area contributed by atoms with Gasteiger partial charge in [0.05, 0.1) is 35.9 Å². The van der Waals surface area contributed by atoms with E-state index in [1.807, 2.05) is 12.1 Å². The van der Waals surface area contributed by atoms with Gasteiger partial charge in [-0.2, -0.15) is 5.10 Å². The molecule has 12 nitrogen and oxygen atoms in total. The number of pyridine rings is 3. The Morgan fingerprint density at radius 2 is 1.92 bits per heavy atom. The Kier molecular flexibility index (Phi) is 5.77. The SMILES string of the molecule is CCC(=O)Nc1ccc(-c2cnc3[nH]nc(-c4nc5c(C(=O)N6CCOCC6)cncc5[nH]4)c3c2)cn1. The van der Waals surface area contributed by atoms with Crippen LogP contribution in [-0.4, -0.2) is 78.1 Å². The number of carbonyl (C=O) groups is 2. The number of nitrogens with one attached hydrogen (secondary N) is 3. The lowest BCUT2D eigenvalue weighted by atomic mass is 10.1. The van der Waals surface area contributed by atoms with E-state index in [4.69, 9.17) is 9.72 Å². The third-order valence-electron chi connectivity index (χ3n) is 6.25. The minimum atomic E-state index is -0.124. The number of hydrogen-bond donors (Lipinski definition) is 3. The van der Waals surface area contributed by atoms with E-state index in [0.717, 1.165) is 16.5 Å². The first kappa shape index (κ1) is 22.7. The Balaban J connectivity index is 1.35. The van der Waals surface area contributed by atoms with Crippen molar-refractivity contribution in [2.24, 2.45) is 0 Å². The Hall–Kier alpha value is -4.71. The van der Waals surface area contributed by atoms with Crippen LogP contribution in [0.1, 0.15) is 23.7 Å². The predicted molar refractivity (Wildman–Crippen MR) is 136 cm³/mol. The third kappa shape index (κ3) is 4.27. The van der Waals surface area contributed by atoms with Crippen LogP contribution in [-0.2, 0) is 9.53 Å². The number of aromatic amines is 2. The van der Waals surface area contributed by atoms with Crippen LogP contribution < -0.4 is 5.32 Å². The van der Waals surface area contributed by atoms with Crippen molar-refractivity contribution in [2.75, 3.05) is 31.6 Å². The predicted octanol–water partition coefficient (Wildman–Crippen LogP) is 2.78. The molecule has 186 valence electrons. The van der Waals surface area contributed by atoms with Crippen LogP contribution in [0.4, 0.5) is 5.82 Å². The number of rotatable bonds is 5. The average molecular weight is 498 g/mol. The summed E-state index contributed by atoms with van der Waals surface area (Å²) in [7, 11) is 0. The van der Waals surface area contributed by atoms with Crippen molar-refractivity contribution < 1.29 is 14.3 Å². The summed E-state index contributed by atoms with van der Waals surface area (Å²) in [6.45, 7) is 3.88. The maximum absolute atomic E-state index is 13.1. The molecule has 0 aliphatic carbocycles. The number of nitrogens with zero attached hydrogens (tertiary/aromatic N) is 6. The Morgan fingerprint density at radius 3 is 2.70 bits per heavy atom. The molecule has 6 heterocycles. The molecule has 2 amide bonds. The van der Waals surface area contributed by atoms with E-state index in [1.54, 1.807) is 42.7 Å². The number of fused-ring (bicyclic) bond motifs is 2. The van der Waals surface area contributed by atoms with Crippen molar-refractivity contribution in [3.05, 3.63) is 48.5 Å². The molecule has 37 heavy (non-hydrogen) atoms. The third-order valence-corrected chi connectivity index (χ3v) is 6.25. The summed E-state index contributed by atoms with van der Waals surface area (Å²) in [5, 5.41) is 10.9. The second-order valence-corrected chi connectivity index (χ2v) is 8.60. The monoisotopic (exact) mass is 497 g/mol. The van der Waals surface area contributed by atoms with E-state index in [-0.39, 0.29) is 11.8 Å². The van der Waals surface area contributed by atoms with Gasteiger partial charge in [0.1, 0.15) is 17.0 Å². The molecule has 0 bridgehead atoms. The molecule has 12 heteroatoms. The highest BCUT2D eigenvalue weighted by Crippen LogP contribution is 2.30. The van der Waals surface area contributed by atoms with Crippen molar-refractivity contribution in [3.8, 4) is 22.6 Å². The number of hydrogen-bond acceptors (Lipinski definition) is 8. The quantitative estimate of drug-likeness (QED) is 0.335. The maximum Gasteiger partial charge on any atom is 0.257 e. The Morgan fingerprint density at radius 1 is 1.08 bits per heavy atom. The highest BCUT2D eigenvalue weighted by Gasteiger charge is 2.23. The molecule has 5 aromatic rings. The van der Waals surface area contributed by atoms with Crippen LogP contribution in [0.3, 0.4) is 0 Å². The number of morpholine rings is 1. The minimum absolute atomic E-state index is 0.0952. The molecular weight excluding hydrogens is 474 g/mol.